The van der Waals surface area contributed by atoms with E-state index in [0.717, 1.165) is 35.8 Å². The lowest BCUT2D eigenvalue weighted by Gasteiger charge is -2.34. The van der Waals surface area contributed by atoms with E-state index in [1.807, 2.05) is 29.6 Å². The Labute approximate surface area is 304 Å². The normalized spacial score (nSPS) is 13.0. The number of halogens is 1. The molecule has 1 saturated heterocycles. The maximum absolute atomic E-state index is 12.3. The van der Waals surface area contributed by atoms with Crippen LogP contribution in [-0.2, 0) is 20.0 Å². The fourth-order valence-electron chi connectivity index (χ4n) is 4.81. The van der Waals surface area contributed by atoms with Gasteiger partial charge in [0.1, 0.15) is 52.5 Å². The van der Waals surface area contributed by atoms with Crippen LogP contribution in [0.1, 0.15) is 45.4 Å². The third kappa shape index (κ3) is 9.24. The van der Waals surface area contributed by atoms with Crippen LogP contribution in [0.15, 0.2) is 58.9 Å². The van der Waals surface area contributed by atoms with Crippen molar-refractivity contribution in [3.8, 4) is 33.5 Å². The molecule has 0 unspecified atom stereocenters. The molecule has 50 heavy (non-hydrogen) atoms. The number of carbonyl (C=O) groups excluding carboxylic acids is 2. The second kappa shape index (κ2) is 16.3. The van der Waals surface area contributed by atoms with E-state index in [1.54, 1.807) is 45.0 Å². The zero-order valence-electron chi connectivity index (χ0n) is 28.0. The van der Waals surface area contributed by atoms with Crippen molar-refractivity contribution in [2.45, 2.75) is 56.5 Å². The van der Waals surface area contributed by atoms with Crippen molar-refractivity contribution in [3.63, 3.8) is 0 Å². The number of nitrogens with zero attached hydrogens (tertiary/aromatic N) is 5. The highest BCUT2D eigenvalue weighted by atomic mass is 35.5. The molecule has 258 valence electrons. The lowest BCUT2D eigenvalue weighted by atomic mass is 9.99. The Morgan fingerprint density at radius 2 is 1.82 bits per heavy atom. The van der Waals surface area contributed by atoms with E-state index in [4.69, 9.17) is 42.4 Å². The monoisotopic (exact) mass is 730 g/mol. The van der Waals surface area contributed by atoms with Crippen LogP contribution in [-0.4, -0.2) is 60.0 Å². The van der Waals surface area contributed by atoms with Crippen LogP contribution >= 0.6 is 34.7 Å². The Kier molecular flexibility index (Phi) is 11.9. The Balaban J connectivity index is 1.28. The molecule has 2 aromatic carbocycles. The number of hydrogen-bond acceptors (Lipinski definition) is 11. The predicted octanol–water partition coefficient (Wildman–Crippen LogP) is 8.29. The molecule has 11 nitrogen and oxygen atoms in total. The van der Waals surface area contributed by atoms with Gasteiger partial charge in [-0.3, -0.25) is 0 Å². The summed E-state index contributed by atoms with van der Waals surface area (Å²) in [7, 11) is 0. The molecule has 2 aromatic heterocycles. The van der Waals surface area contributed by atoms with Gasteiger partial charge in [0, 0.05) is 40.4 Å². The molecule has 3 heterocycles. The van der Waals surface area contributed by atoms with Gasteiger partial charge in [0.25, 0.3) is 0 Å². The summed E-state index contributed by atoms with van der Waals surface area (Å²) in [5.41, 5.74) is 3.01. The minimum atomic E-state index is -0.895. The molecule has 0 radical (unpaired) electrons. The highest BCUT2D eigenvalue weighted by Crippen LogP contribution is 2.45. The molecule has 0 bridgehead atoms. The summed E-state index contributed by atoms with van der Waals surface area (Å²) in [5.74, 6) is 0.959. The van der Waals surface area contributed by atoms with E-state index in [0.29, 0.717) is 49.7 Å². The molecule has 0 aliphatic carbocycles. The summed E-state index contributed by atoms with van der Waals surface area (Å²) in [5, 5.41) is 16.9. The molecule has 0 saturated carbocycles. The van der Waals surface area contributed by atoms with Gasteiger partial charge in [-0.15, -0.1) is 11.3 Å². The minimum Gasteiger partial charge on any atom is -0.490 e. The average Bonchev–Trinajstić information content (AvgIpc) is 3.53. The number of esters is 1. The Morgan fingerprint density at radius 3 is 2.44 bits per heavy atom. The number of anilines is 1. The molecule has 1 atom stereocenters. The topological polar surface area (TPSA) is 131 Å². The number of thiazole rings is 1. The molecule has 1 aliphatic heterocycles. The number of thioether (sulfide) groups is 1. The highest BCUT2D eigenvalue weighted by molar-refractivity contribution is 7.98. The van der Waals surface area contributed by atoms with E-state index in [1.165, 1.54) is 30.0 Å². The number of amides is 1. The first kappa shape index (κ1) is 36.5. The quantitative estimate of drug-likeness (QED) is 0.0658. The van der Waals surface area contributed by atoms with Crippen LogP contribution in [0.3, 0.4) is 0 Å². The second-order valence-corrected chi connectivity index (χ2v) is 14.5. The second-order valence-electron chi connectivity index (χ2n) is 12.3. The van der Waals surface area contributed by atoms with Crippen LogP contribution in [0, 0.1) is 17.9 Å². The summed E-state index contributed by atoms with van der Waals surface area (Å²) in [6, 6.07) is 16.0. The largest absolute Gasteiger partial charge is 0.490 e. The first-order chi connectivity index (χ1) is 24.0. The van der Waals surface area contributed by atoms with Gasteiger partial charge in [0.2, 0.25) is 5.69 Å². The van der Waals surface area contributed by atoms with Crippen molar-refractivity contribution in [1.29, 1.82) is 5.26 Å². The molecule has 4 aromatic rings. The minimum absolute atomic E-state index is 0.0360. The lowest BCUT2D eigenvalue weighted by Crippen LogP contribution is -2.42. The third-order valence-electron chi connectivity index (χ3n) is 7.32. The number of hydrogen-bond donors (Lipinski definition) is 1. The number of aromatic nitrogens is 2. The van der Waals surface area contributed by atoms with Crippen LogP contribution in [0.4, 0.5) is 16.3 Å². The summed E-state index contributed by atoms with van der Waals surface area (Å²) in [4.78, 5) is 39.8. The van der Waals surface area contributed by atoms with Crippen molar-refractivity contribution >= 4 is 58.3 Å². The third-order valence-corrected chi connectivity index (χ3v) is 9.53. The number of alkyl carbamates (subject to hydrolysis) is 1. The number of benzene rings is 2. The van der Waals surface area contributed by atoms with Gasteiger partial charge in [-0.05, 0) is 63.9 Å². The van der Waals surface area contributed by atoms with Crippen molar-refractivity contribution in [2.24, 2.45) is 0 Å². The Morgan fingerprint density at radius 1 is 1.12 bits per heavy atom. The fourth-order valence-corrected chi connectivity index (χ4v) is 6.75. The molecule has 1 amide bonds. The summed E-state index contributed by atoms with van der Waals surface area (Å²) in [6.45, 7) is 16.4. The van der Waals surface area contributed by atoms with Crippen molar-refractivity contribution in [3.05, 3.63) is 81.6 Å². The number of nitrogens with one attached hydrogen (secondary N) is 1. The van der Waals surface area contributed by atoms with E-state index in [9.17, 15) is 14.9 Å². The van der Waals surface area contributed by atoms with Crippen molar-refractivity contribution in [1.82, 2.24) is 15.3 Å². The number of pyridine rings is 1. The van der Waals surface area contributed by atoms with Gasteiger partial charge in [0.15, 0.2) is 0 Å². The van der Waals surface area contributed by atoms with E-state index >= 15 is 0 Å². The van der Waals surface area contributed by atoms with Gasteiger partial charge in [-0.25, -0.2) is 24.4 Å². The van der Waals surface area contributed by atoms with E-state index in [2.05, 4.69) is 21.1 Å². The van der Waals surface area contributed by atoms with E-state index < -0.39 is 23.7 Å². The van der Waals surface area contributed by atoms with Gasteiger partial charge in [-0.2, -0.15) is 5.26 Å². The van der Waals surface area contributed by atoms with Crippen molar-refractivity contribution in [2.75, 3.05) is 31.2 Å². The Bertz CT molecular complexity index is 1930. The number of rotatable bonds is 12. The van der Waals surface area contributed by atoms with Crippen LogP contribution < -0.4 is 15.0 Å². The van der Waals surface area contributed by atoms with Crippen LogP contribution in [0.2, 0.25) is 5.02 Å². The van der Waals surface area contributed by atoms with Crippen LogP contribution in [0.25, 0.3) is 26.5 Å². The molecule has 14 heteroatoms. The number of carbonyl (C=O) groups is 2. The van der Waals surface area contributed by atoms with E-state index in [-0.39, 0.29) is 13.2 Å². The number of nitriles is 1. The molecule has 5 rings (SSSR count). The van der Waals surface area contributed by atoms with Gasteiger partial charge >= 0.3 is 12.1 Å². The van der Waals surface area contributed by atoms with Gasteiger partial charge < -0.3 is 24.4 Å². The zero-order valence-corrected chi connectivity index (χ0v) is 30.4. The molecule has 1 N–H and O–H groups in total. The highest BCUT2D eigenvalue weighted by Gasteiger charge is 2.28. The van der Waals surface area contributed by atoms with Crippen LogP contribution in [0.5, 0.6) is 5.75 Å². The average molecular weight is 731 g/mol. The zero-order chi connectivity index (χ0) is 35.8. The first-order valence-electron chi connectivity index (χ1n) is 15.8. The molecular weight excluding hydrogens is 696 g/mol. The number of ether oxygens (including phenoxy) is 3. The molecule has 0 spiro atoms. The standard InChI is InChI=1S/C36H35ClN6O5S2/c1-22(40-35(45)48-36(2,3)4)34(44)47-18-17-46-27-13-9-23(10-14-27)29-28(19-38)33(42-31(30(29)39-5)43-15-6-16-43)50-21-26-20-49-32(41-26)24-7-11-25(37)12-8-24/h7-14,20,22H,6,15-18,21H2,1-4H3,(H,40,45)/t22-/m0/s1. The molecular formula is C36H35ClN6O5S2. The first-order valence-corrected chi connectivity index (χ1v) is 18.0. The molecule has 1 fully saturated rings. The fraction of sp³-hybridized carbons (Fsp3) is 0.333. The van der Waals surface area contributed by atoms with Crippen molar-refractivity contribution < 1.29 is 23.8 Å². The smallest absolute Gasteiger partial charge is 0.408 e. The summed E-state index contributed by atoms with van der Waals surface area (Å²) < 4.78 is 16.2. The summed E-state index contributed by atoms with van der Waals surface area (Å²) in [6.07, 6.45) is 0.295. The predicted molar refractivity (Wildman–Crippen MR) is 195 cm³/mol. The Hall–Kier alpha value is -4.82. The maximum atomic E-state index is 12.3. The SMILES string of the molecule is [C-]#[N+]c1c(N2CCC2)nc(SCc2csc(-c3ccc(Cl)cc3)n2)c(C#N)c1-c1ccc(OCCOC(=O)[C@H](C)NC(=O)OC(C)(C)C)cc1. The summed E-state index contributed by atoms with van der Waals surface area (Å²) >= 11 is 9.00. The molecule has 1 aliphatic rings. The van der Waals surface area contributed by atoms with Gasteiger partial charge in [-0.1, -0.05) is 47.6 Å². The maximum Gasteiger partial charge on any atom is 0.408 e. The van der Waals surface area contributed by atoms with Gasteiger partial charge in [0.05, 0.1) is 17.8 Å². The lowest BCUT2D eigenvalue weighted by molar-refractivity contribution is -0.146.